The lowest BCUT2D eigenvalue weighted by Crippen LogP contribution is -2.21. The fourth-order valence-electron chi connectivity index (χ4n) is 1.72. The van der Waals surface area contributed by atoms with Crippen molar-refractivity contribution >= 4 is 0 Å². The molecule has 1 aromatic carbocycles. The predicted molar refractivity (Wildman–Crippen MR) is 67.2 cm³/mol. The van der Waals surface area contributed by atoms with E-state index < -0.39 is 0 Å². The smallest absolute Gasteiger partial charge is 0.120 e. The van der Waals surface area contributed by atoms with Crippen molar-refractivity contribution in [3.05, 3.63) is 29.8 Å². The van der Waals surface area contributed by atoms with Gasteiger partial charge in [-0.15, -0.1) is 12.3 Å². The van der Waals surface area contributed by atoms with Gasteiger partial charge in [0.2, 0.25) is 0 Å². The second-order valence-electron chi connectivity index (χ2n) is 3.78. The molecule has 0 spiro atoms. The number of unbranched alkanes of at least 4 members (excludes halogenated alkanes) is 1. The quantitative estimate of drug-likeness (QED) is 0.567. The van der Waals surface area contributed by atoms with E-state index in [1.807, 2.05) is 18.2 Å². The third-order valence-electron chi connectivity index (χ3n) is 2.61. The van der Waals surface area contributed by atoms with E-state index in [1.54, 1.807) is 6.07 Å². The highest BCUT2D eigenvalue weighted by atomic mass is 16.3. The second-order valence-corrected chi connectivity index (χ2v) is 3.78. The number of hydrogen-bond acceptors (Lipinski definition) is 2. The molecule has 1 aromatic rings. The predicted octanol–water partition coefficient (Wildman–Crippen LogP) is 2.85. The third kappa shape index (κ3) is 3.60. The number of nitrogens with one attached hydrogen (secondary N) is 1. The van der Waals surface area contributed by atoms with E-state index in [1.165, 1.54) is 0 Å². The molecule has 0 fully saturated rings. The summed E-state index contributed by atoms with van der Waals surface area (Å²) in [6.45, 7) is 2.99. The maximum absolute atomic E-state index is 9.74. The molecule has 0 radical (unpaired) electrons. The number of hydrogen-bond donors (Lipinski definition) is 2. The zero-order valence-electron chi connectivity index (χ0n) is 9.74. The van der Waals surface area contributed by atoms with Gasteiger partial charge in [0, 0.05) is 18.0 Å². The minimum absolute atomic E-state index is 0.207. The van der Waals surface area contributed by atoms with Gasteiger partial charge >= 0.3 is 0 Å². The Balaban J connectivity index is 2.55. The SMILES string of the molecule is C#CCCCNC(CC)c1ccccc1O. The number of rotatable bonds is 6. The molecular weight excluding hydrogens is 198 g/mol. The highest BCUT2D eigenvalue weighted by Crippen LogP contribution is 2.25. The van der Waals surface area contributed by atoms with Crippen LogP contribution in [-0.4, -0.2) is 11.7 Å². The monoisotopic (exact) mass is 217 g/mol. The van der Waals surface area contributed by atoms with Crippen molar-refractivity contribution in [1.82, 2.24) is 5.32 Å². The Hall–Kier alpha value is -1.46. The Morgan fingerprint density at radius 2 is 2.19 bits per heavy atom. The maximum Gasteiger partial charge on any atom is 0.120 e. The van der Waals surface area contributed by atoms with Crippen LogP contribution in [0.25, 0.3) is 0 Å². The summed E-state index contributed by atoms with van der Waals surface area (Å²) in [7, 11) is 0. The van der Waals surface area contributed by atoms with E-state index in [9.17, 15) is 5.11 Å². The standard InChI is InChI=1S/C14H19NO/c1-3-5-8-11-15-13(4-2)12-9-6-7-10-14(12)16/h1,6-7,9-10,13,15-16H,4-5,8,11H2,2H3. The molecular formula is C14H19NO. The first-order valence-electron chi connectivity index (χ1n) is 5.74. The van der Waals surface area contributed by atoms with Crippen molar-refractivity contribution in [1.29, 1.82) is 0 Å². The van der Waals surface area contributed by atoms with E-state index in [0.29, 0.717) is 5.75 Å². The summed E-state index contributed by atoms with van der Waals surface area (Å²) in [5.41, 5.74) is 0.964. The number of phenols is 1. The molecule has 0 amide bonds. The minimum Gasteiger partial charge on any atom is -0.508 e. The second kappa shape index (κ2) is 6.92. The summed E-state index contributed by atoms with van der Waals surface area (Å²) >= 11 is 0. The van der Waals surface area contributed by atoms with Crippen LogP contribution in [0.2, 0.25) is 0 Å². The number of terminal acetylenes is 1. The molecule has 2 nitrogen and oxygen atoms in total. The number of para-hydroxylation sites is 1. The molecule has 0 aromatic heterocycles. The number of benzene rings is 1. The van der Waals surface area contributed by atoms with Crippen LogP contribution in [0.1, 0.15) is 37.8 Å². The minimum atomic E-state index is 0.207. The molecule has 0 aliphatic rings. The van der Waals surface area contributed by atoms with Gasteiger partial charge in [0.05, 0.1) is 0 Å². The van der Waals surface area contributed by atoms with Gasteiger partial charge in [0.15, 0.2) is 0 Å². The normalized spacial score (nSPS) is 12.0. The van der Waals surface area contributed by atoms with Crippen LogP contribution in [0.4, 0.5) is 0 Å². The summed E-state index contributed by atoms with van der Waals surface area (Å²) in [6.07, 6.45) is 7.92. The van der Waals surface area contributed by atoms with E-state index >= 15 is 0 Å². The molecule has 0 aliphatic heterocycles. The Morgan fingerprint density at radius 3 is 2.81 bits per heavy atom. The lowest BCUT2D eigenvalue weighted by molar-refractivity contribution is 0.440. The molecule has 2 N–H and O–H groups in total. The van der Waals surface area contributed by atoms with Crippen LogP contribution in [0.15, 0.2) is 24.3 Å². The van der Waals surface area contributed by atoms with Crippen LogP contribution in [-0.2, 0) is 0 Å². The fraction of sp³-hybridized carbons (Fsp3) is 0.429. The molecule has 1 unspecified atom stereocenters. The Morgan fingerprint density at radius 1 is 1.44 bits per heavy atom. The average molecular weight is 217 g/mol. The third-order valence-corrected chi connectivity index (χ3v) is 2.61. The Labute approximate surface area is 97.7 Å². The van der Waals surface area contributed by atoms with E-state index in [2.05, 4.69) is 18.2 Å². The molecule has 0 aliphatic carbocycles. The lowest BCUT2D eigenvalue weighted by Gasteiger charge is -2.18. The van der Waals surface area contributed by atoms with Crippen LogP contribution < -0.4 is 5.32 Å². The number of phenolic OH excluding ortho intramolecular Hbond substituents is 1. The summed E-state index contributed by atoms with van der Waals surface area (Å²) in [4.78, 5) is 0. The molecule has 2 heteroatoms. The molecule has 86 valence electrons. The van der Waals surface area contributed by atoms with Gasteiger partial charge in [-0.3, -0.25) is 0 Å². The van der Waals surface area contributed by atoms with E-state index in [0.717, 1.165) is 31.4 Å². The van der Waals surface area contributed by atoms with Crippen molar-refractivity contribution < 1.29 is 5.11 Å². The summed E-state index contributed by atoms with van der Waals surface area (Å²) in [5.74, 6) is 2.98. The first-order chi connectivity index (χ1) is 7.79. The van der Waals surface area contributed by atoms with Crippen LogP contribution in [0.5, 0.6) is 5.75 Å². The van der Waals surface area contributed by atoms with Gasteiger partial charge in [-0.25, -0.2) is 0 Å². The van der Waals surface area contributed by atoms with Gasteiger partial charge in [-0.05, 0) is 25.5 Å². The van der Waals surface area contributed by atoms with E-state index in [4.69, 9.17) is 6.42 Å². The molecule has 16 heavy (non-hydrogen) atoms. The van der Waals surface area contributed by atoms with Crippen molar-refractivity contribution in [2.75, 3.05) is 6.54 Å². The molecule has 0 saturated carbocycles. The van der Waals surface area contributed by atoms with Crippen molar-refractivity contribution in [2.45, 2.75) is 32.2 Å². The van der Waals surface area contributed by atoms with Gasteiger partial charge in [-0.1, -0.05) is 25.1 Å². The topological polar surface area (TPSA) is 32.3 Å². The number of aromatic hydroxyl groups is 1. The Kier molecular flexibility index (Phi) is 5.45. The van der Waals surface area contributed by atoms with Gasteiger partial charge in [0.1, 0.15) is 5.75 Å². The average Bonchev–Trinajstić information content (AvgIpc) is 2.31. The Bertz CT molecular complexity index is 354. The highest BCUT2D eigenvalue weighted by molar-refractivity contribution is 5.34. The molecule has 0 heterocycles. The molecule has 0 bridgehead atoms. The van der Waals surface area contributed by atoms with Gasteiger partial charge < -0.3 is 10.4 Å². The maximum atomic E-state index is 9.74. The van der Waals surface area contributed by atoms with Crippen LogP contribution in [0, 0.1) is 12.3 Å². The first-order valence-corrected chi connectivity index (χ1v) is 5.74. The van der Waals surface area contributed by atoms with Crippen LogP contribution >= 0.6 is 0 Å². The zero-order chi connectivity index (χ0) is 11.8. The molecule has 1 atom stereocenters. The molecule has 0 saturated heterocycles. The van der Waals surface area contributed by atoms with Gasteiger partial charge in [-0.2, -0.15) is 0 Å². The summed E-state index contributed by atoms with van der Waals surface area (Å²) in [5, 5.41) is 13.1. The van der Waals surface area contributed by atoms with Crippen LogP contribution in [0.3, 0.4) is 0 Å². The molecule has 1 rings (SSSR count). The van der Waals surface area contributed by atoms with Crippen molar-refractivity contribution in [2.24, 2.45) is 0 Å². The zero-order valence-corrected chi connectivity index (χ0v) is 9.74. The highest BCUT2D eigenvalue weighted by Gasteiger charge is 2.11. The summed E-state index contributed by atoms with van der Waals surface area (Å²) in [6, 6.07) is 7.67. The first kappa shape index (κ1) is 12.6. The van der Waals surface area contributed by atoms with Crippen molar-refractivity contribution in [3.8, 4) is 18.1 Å². The largest absolute Gasteiger partial charge is 0.508 e. The van der Waals surface area contributed by atoms with E-state index in [-0.39, 0.29) is 6.04 Å². The van der Waals surface area contributed by atoms with Crippen molar-refractivity contribution in [3.63, 3.8) is 0 Å². The lowest BCUT2D eigenvalue weighted by atomic mass is 10.0. The summed E-state index contributed by atoms with van der Waals surface area (Å²) < 4.78 is 0. The fourth-order valence-corrected chi connectivity index (χ4v) is 1.72. The van der Waals surface area contributed by atoms with Gasteiger partial charge in [0.25, 0.3) is 0 Å².